The van der Waals surface area contributed by atoms with Crippen LogP contribution in [0.25, 0.3) is 0 Å². The van der Waals surface area contributed by atoms with Crippen LogP contribution in [-0.4, -0.2) is 36.9 Å². The molecule has 1 aliphatic heterocycles. The van der Waals surface area contributed by atoms with E-state index in [0.717, 1.165) is 38.9 Å². The molecule has 4 nitrogen and oxygen atoms in total. The van der Waals surface area contributed by atoms with Crippen LogP contribution in [0.5, 0.6) is 0 Å². The van der Waals surface area contributed by atoms with Gasteiger partial charge in [0.05, 0.1) is 6.10 Å². The van der Waals surface area contributed by atoms with Crippen LogP contribution in [0.4, 0.5) is 0 Å². The fraction of sp³-hybridized carbons (Fsp3) is 0.923. The summed E-state index contributed by atoms with van der Waals surface area (Å²) in [5.41, 5.74) is 0. The molecule has 1 heterocycles. The van der Waals surface area contributed by atoms with Gasteiger partial charge in [0.1, 0.15) is 0 Å². The van der Waals surface area contributed by atoms with Gasteiger partial charge in [-0.2, -0.15) is 0 Å². The number of aliphatic hydroxyl groups is 1. The molecule has 17 heavy (non-hydrogen) atoms. The average Bonchev–Trinajstić information content (AvgIpc) is 2.27. The Morgan fingerprint density at radius 2 is 2.00 bits per heavy atom. The number of carbonyl (C=O) groups excluding carboxylic acids is 1. The van der Waals surface area contributed by atoms with E-state index in [4.69, 9.17) is 4.74 Å². The molecule has 1 amide bonds. The van der Waals surface area contributed by atoms with Crippen LogP contribution in [0, 0.1) is 11.8 Å². The minimum atomic E-state index is -0.291. The normalized spacial score (nSPS) is 24.1. The van der Waals surface area contributed by atoms with Crippen molar-refractivity contribution in [3.05, 3.63) is 0 Å². The van der Waals surface area contributed by atoms with E-state index < -0.39 is 0 Å². The number of amides is 1. The Hall–Kier alpha value is -0.610. The molecule has 0 unspecified atom stereocenters. The van der Waals surface area contributed by atoms with Crippen molar-refractivity contribution in [3.63, 3.8) is 0 Å². The van der Waals surface area contributed by atoms with E-state index >= 15 is 0 Å². The molecule has 1 saturated heterocycles. The van der Waals surface area contributed by atoms with Gasteiger partial charge in [-0.1, -0.05) is 6.42 Å². The van der Waals surface area contributed by atoms with E-state index in [1.165, 1.54) is 6.42 Å². The highest BCUT2D eigenvalue weighted by atomic mass is 16.5. The predicted molar refractivity (Wildman–Crippen MR) is 64.5 cm³/mol. The summed E-state index contributed by atoms with van der Waals surface area (Å²) in [4.78, 5) is 11.6. The summed E-state index contributed by atoms with van der Waals surface area (Å²) in [7, 11) is 0. The summed E-state index contributed by atoms with van der Waals surface area (Å²) in [5, 5.41) is 12.9. The molecule has 0 aromatic heterocycles. The molecule has 2 N–H and O–H groups in total. The second-order valence-electron chi connectivity index (χ2n) is 5.22. The van der Waals surface area contributed by atoms with Crippen molar-refractivity contribution < 1.29 is 14.6 Å². The fourth-order valence-electron chi connectivity index (χ4n) is 2.49. The first-order chi connectivity index (χ1) is 8.27. The Kier molecular flexibility index (Phi) is 4.80. The Morgan fingerprint density at radius 3 is 2.59 bits per heavy atom. The number of nitrogens with one attached hydrogen (secondary N) is 1. The van der Waals surface area contributed by atoms with Crippen LogP contribution in [0.2, 0.25) is 0 Å². The summed E-state index contributed by atoms with van der Waals surface area (Å²) in [6.07, 6.45) is 5.52. The molecule has 2 fully saturated rings. The van der Waals surface area contributed by atoms with E-state index in [-0.39, 0.29) is 17.9 Å². The van der Waals surface area contributed by atoms with E-state index in [0.29, 0.717) is 18.9 Å². The monoisotopic (exact) mass is 241 g/mol. The Balaban J connectivity index is 1.58. The molecule has 0 aromatic rings. The smallest absolute Gasteiger partial charge is 0.223 e. The van der Waals surface area contributed by atoms with Gasteiger partial charge in [0.15, 0.2) is 0 Å². The number of hydrogen-bond acceptors (Lipinski definition) is 3. The lowest BCUT2D eigenvalue weighted by molar-refractivity contribution is -0.127. The number of carbonyl (C=O) groups is 1. The highest BCUT2D eigenvalue weighted by Gasteiger charge is 2.25. The lowest BCUT2D eigenvalue weighted by atomic mass is 9.85. The van der Waals surface area contributed by atoms with Crippen LogP contribution in [0.1, 0.15) is 38.5 Å². The Labute approximate surface area is 103 Å². The zero-order valence-corrected chi connectivity index (χ0v) is 10.4. The maximum Gasteiger partial charge on any atom is 0.223 e. The van der Waals surface area contributed by atoms with Crippen molar-refractivity contribution in [1.82, 2.24) is 5.32 Å². The van der Waals surface area contributed by atoms with Crippen molar-refractivity contribution in [3.8, 4) is 0 Å². The van der Waals surface area contributed by atoms with E-state index in [9.17, 15) is 9.90 Å². The third-order valence-electron chi connectivity index (χ3n) is 4.03. The predicted octanol–water partition coefficient (Wildman–Crippen LogP) is 1.08. The van der Waals surface area contributed by atoms with E-state index in [2.05, 4.69) is 5.32 Å². The summed E-state index contributed by atoms with van der Waals surface area (Å²) < 4.78 is 5.27. The first kappa shape index (κ1) is 12.8. The van der Waals surface area contributed by atoms with Crippen molar-refractivity contribution in [2.45, 2.75) is 44.6 Å². The van der Waals surface area contributed by atoms with Gasteiger partial charge in [0.25, 0.3) is 0 Å². The topological polar surface area (TPSA) is 58.6 Å². The van der Waals surface area contributed by atoms with Crippen molar-refractivity contribution in [2.75, 3.05) is 19.8 Å². The molecule has 1 aliphatic carbocycles. The molecule has 4 heteroatoms. The number of hydrogen-bond donors (Lipinski definition) is 2. The SMILES string of the molecule is O=C(NCC[C@H](O)C1CCOCC1)C1CCC1. The Bertz CT molecular complexity index is 247. The maximum absolute atomic E-state index is 11.6. The molecular formula is C13H23NO3. The van der Waals surface area contributed by atoms with Crippen LogP contribution in [0.15, 0.2) is 0 Å². The molecule has 1 saturated carbocycles. The third kappa shape index (κ3) is 3.68. The molecule has 0 bridgehead atoms. The van der Waals surface area contributed by atoms with E-state index in [1.54, 1.807) is 0 Å². The van der Waals surface area contributed by atoms with Crippen LogP contribution in [0.3, 0.4) is 0 Å². The van der Waals surface area contributed by atoms with Crippen molar-refractivity contribution >= 4 is 5.91 Å². The number of rotatable bonds is 5. The zero-order valence-electron chi connectivity index (χ0n) is 10.4. The van der Waals surface area contributed by atoms with Gasteiger partial charge >= 0.3 is 0 Å². The lowest BCUT2D eigenvalue weighted by Crippen LogP contribution is -2.37. The van der Waals surface area contributed by atoms with Gasteiger partial charge in [-0.15, -0.1) is 0 Å². The number of aliphatic hydroxyl groups excluding tert-OH is 1. The van der Waals surface area contributed by atoms with Crippen LogP contribution in [-0.2, 0) is 9.53 Å². The standard InChI is InChI=1S/C13H23NO3/c15-12(10-5-8-17-9-6-10)4-7-14-13(16)11-2-1-3-11/h10-12,15H,1-9H2,(H,14,16)/t12-/m0/s1. The summed E-state index contributed by atoms with van der Waals surface area (Å²) in [6, 6.07) is 0. The summed E-state index contributed by atoms with van der Waals surface area (Å²) in [5.74, 6) is 0.773. The molecule has 0 spiro atoms. The lowest BCUT2D eigenvalue weighted by Gasteiger charge is -2.27. The quantitative estimate of drug-likeness (QED) is 0.757. The van der Waals surface area contributed by atoms with Crippen molar-refractivity contribution in [2.24, 2.45) is 11.8 Å². The molecule has 0 radical (unpaired) electrons. The minimum Gasteiger partial charge on any atom is -0.393 e. The zero-order chi connectivity index (χ0) is 12.1. The summed E-state index contributed by atoms with van der Waals surface area (Å²) >= 11 is 0. The molecule has 2 rings (SSSR count). The molecular weight excluding hydrogens is 218 g/mol. The van der Waals surface area contributed by atoms with Crippen molar-refractivity contribution in [1.29, 1.82) is 0 Å². The summed E-state index contributed by atoms with van der Waals surface area (Å²) in [6.45, 7) is 2.13. The largest absolute Gasteiger partial charge is 0.393 e. The molecule has 2 aliphatic rings. The maximum atomic E-state index is 11.6. The van der Waals surface area contributed by atoms with Crippen LogP contribution >= 0.6 is 0 Å². The van der Waals surface area contributed by atoms with E-state index in [1.807, 2.05) is 0 Å². The molecule has 0 aromatic carbocycles. The first-order valence-corrected chi connectivity index (χ1v) is 6.81. The van der Waals surface area contributed by atoms with Gasteiger partial charge in [0.2, 0.25) is 5.91 Å². The molecule has 98 valence electrons. The molecule has 1 atom stereocenters. The highest BCUT2D eigenvalue weighted by Crippen LogP contribution is 2.26. The fourth-order valence-corrected chi connectivity index (χ4v) is 2.49. The van der Waals surface area contributed by atoms with Gasteiger partial charge in [-0.25, -0.2) is 0 Å². The first-order valence-electron chi connectivity index (χ1n) is 6.81. The Morgan fingerprint density at radius 1 is 1.29 bits per heavy atom. The van der Waals surface area contributed by atoms with Gasteiger partial charge in [-0.05, 0) is 38.0 Å². The second-order valence-corrected chi connectivity index (χ2v) is 5.22. The number of ether oxygens (including phenoxy) is 1. The van der Waals surface area contributed by atoms with Gasteiger partial charge in [-0.3, -0.25) is 4.79 Å². The highest BCUT2D eigenvalue weighted by molar-refractivity contribution is 5.79. The average molecular weight is 241 g/mol. The third-order valence-corrected chi connectivity index (χ3v) is 4.03. The van der Waals surface area contributed by atoms with Gasteiger partial charge < -0.3 is 15.2 Å². The van der Waals surface area contributed by atoms with Gasteiger partial charge in [0, 0.05) is 25.7 Å². The van der Waals surface area contributed by atoms with Crippen LogP contribution < -0.4 is 5.32 Å². The second kappa shape index (κ2) is 6.36. The minimum absolute atomic E-state index is 0.176.